The van der Waals surface area contributed by atoms with Crippen LogP contribution in [0.2, 0.25) is 0 Å². The lowest BCUT2D eigenvalue weighted by Crippen LogP contribution is -2.41. The van der Waals surface area contributed by atoms with E-state index in [0.29, 0.717) is 18.7 Å². The van der Waals surface area contributed by atoms with Crippen LogP contribution in [-0.2, 0) is 13.1 Å². The van der Waals surface area contributed by atoms with Crippen LogP contribution >= 0.6 is 0 Å². The Morgan fingerprint density at radius 1 is 1.00 bits per heavy atom. The van der Waals surface area contributed by atoms with Gasteiger partial charge in [-0.25, -0.2) is 4.79 Å². The maximum atomic E-state index is 13.1. The van der Waals surface area contributed by atoms with Crippen molar-refractivity contribution in [1.29, 1.82) is 0 Å². The molecule has 6 heteroatoms. The zero-order valence-electron chi connectivity index (χ0n) is 19.4. The number of nitrogens with zero attached hydrogens (tertiary/aromatic N) is 2. The van der Waals surface area contributed by atoms with Crippen molar-refractivity contribution >= 4 is 16.9 Å². The zero-order chi connectivity index (χ0) is 22.9. The molecule has 6 nitrogen and oxygen atoms in total. The molecule has 2 amide bonds. The molecule has 1 heterocycles. The number of amides is 2. The average Bonchev–Trinajstić information content (AvgIpc) is 2.81. The molecule has 0 saturated heterocycles. The van der Waals surface area contributed by atoms with E-state index >= 15 is 0 Å². The highest BCUT2D eigenvalue weighted by atomic mass is 16.2. The van der Waals surface area contributed by atoms with Crippen LogP contribution in [0.25, 0.3) is 10.9 Å². The summed E-state index contributed by atoms with van der Waals surface area (Å²) < 4.78 is 0. The van der Waals surface area contributed by atoms with E-state index in [0.717, 1.165) is 48.1 Å². The van der Waals surface area contributed by atoms with Gasteiger partial charge in [-0.15, -0.1) is 0 Å². The molecule has 0 spiro atoms. The molecule has 0 aliphatic carbocycles. The number of hydrogen-bond donors (Lipinski definition) is 2. The summed E-state index contributed by atoms with van der Waals surface area (Å²) in [6.07, 6.45) is 0.852. The van der Waals surface area contributed by atoms with Crippen LogP contribution < -0.4 is 10.9 Å². The van der Waals surface area contributed by atoms with Crippen LogP contribution in [0.3, 0.4) is 0 Å². The molecular formula is C26H34N4O2. The minimum Gasteiger partial charge on any atom is -0.334 e. The number of rotatable bonds is 10. The number of para-hydroxylation sites is 1. The van der Waals surface area contributed by atoms with Crippen LogP contribution in [0.1, 0.15) is 37.0 Å². The van der Waals surface area contributed by atoms with Crippen LogP contribution in [-0.4, -0.2) is 47.0 Å². The van der Waals surface area contributed by atoms with E-state index < -0.39 is 0 Å². The molecule has 3 rings (SSSR count). The molecule has 0 radical (unpaired) electrons. The minimum absolute atomic E-state index is 0.142. The molecule has 0 atom stereocenters. The predicted molar refractivity (Wildman–Crippen MR) is 131 cm³/mol. The van der Waals surface area contributed by atoms with Crippen molar-refractivity contribution in [3.63, 3.8) is 0 Å². The Bertz CT molecular complexity index is 1070. The largest absolute Gasteiger partial charge is 0.334 e. The van der Waals surface area contributed by atoms with E-state index in [-0.39, 0.29) is 18.1 Å². The number of urea groups is 1. The fourth-order valence-corrected chi connectivity index (χ4v) is 3.91. The van der Waals surface area contributed by atoms with Gasteiger partial charge in [-0.1, -0.05) is 62.4 Å². The van der Waals surface area contributed by atoms with Gasteiger partial charge in [0.2, 0.25) is 0 Å². The maximum absolute atomic E-state index is 13.1. The van der Waals surface area contributed by atoms with Crippen LogP contribution in [0.15, 0.2) is 59.4 Å². The normalized spacial score (nSPS) is 11.1. The van der Waals surface area contributed by atoms with Crippen molar-refractivity contribution in [3.8, 4) is 0 Å². The number of benzene rings is 2. The van der Waals surface area contributed by atoms with Gasteiger partial charge in [0.25, 0.3) is 5.56 Å². The number of fused-ring (bicyclic) bond motifs is 1. The van der Waals surface area contributed by atoms with Gasteiger partial charge in [-0.2, -0.15) is 0 Å². The standard InChI is InChI=1S/C26H34N4O2/c1-4-29(5-2)15-10-16-30(26(32)27-18-21-12-7-6-8-13-21)19-23-17-22-14-9-11-20(3)24(22)28-25(23)31/h6-9,11-14,17H,4-5,10,15-16,18-19H2,1-3H3,(H,27,32)(H,28,31). The van der Waals surface area contributed by atoms with Gasteiger partial charge in [0.05, 0.1) is 12.1 Å². The molecule has 0 bridgehead atoms. The van der Waals surface area contributed by atoms with Crippen molar-refractivity contribution in [2.75, 3.05) is 26.2 Å². The molecule has 0 unspecified atom stereocenters. The third-order valence-electron chi connectivity index (χ3n) is 5.90. The van der Waals surface area contributed by atoms with E-state index in [1.165, 1.54) is 0 Å². The molecule has 1 aromatic heterocycles. The van der Waals surface area contributed by atoms with Crippen LogP contribution in [0.5, 0.6) is 0 Å². The van der Waals surface area contributed by atoms with Crippen molar-refractivity contribution in [3.05, 3.63) is 81.6 Å². The van der Waals surface area contributed by atoms with Gasteiger partial charge in [0, 0.05) is 18.7 Å². The summed E-state index contributed by atoms with van der Waals surface area (Å²) in [7, 11) is 0. The van der Waals surface area contributed by atoms with Crippen molar-refractivity contribution in [1.82, 2.24) is 20.1 Å². The van der Waals surface area contributed by atoms with Gasteiger partial charge in [-0.05, 0) is 55.6 Å². The number of nitrogens with one attached hydrogen (secondary N) is 2. The van der Waals surface area contributed by atoms with Gasteiger partial charge in [0.1, 0.15) is 0 Å². The molecule has 2 aromatic carbocycles. The Hall–Kier alpha value is -3.12. The number of carbonyl (C=O) groups is 1. The summed E-state index contributed by atoms with van der Waals surface area (Å²) in [4.78, 5) is 32.9. The SMILES string of the molecule is CCN(CC)CCCN(Cc1cc2cccc(C)c2[nH]c1=O)C(=O)NCc1ccccc1. The Balaban J connectivity index is 1.76. The van der Waals surface area contributed by atoms with Gasteiger partial charge >= 0.3 is 6.03 Å². The average molecular weight is 435 g/mol. The Kier molecular flexibility index (Phi) is 8.45. The topological polar surface area (TPSA) is 68.4 Å². The van der Waals surface area contributed by atoms with Crippen molar-refractivity contribution in [2.24, 2.45) is 0 Å². The quantitative estimate of drug-likeness (QED) is 0.500. The molecule has 0 fully saturated rings. The number of hydrogen-bond acceptors (Lipinski definition) is 3. The van der Waals surface area contributed by atoms with Crippen molar-refractivity contribution < 1.29 is 4.79 Å². The first kappa shape index (κ1) is 23.5. The lowest BCUT2D eigenvalue weighted by atomic mass is 10.1. The second-order valence-corrected chi connectivity index (χ2v) is 8.11. The molecule has 0 saturated carbocycles. The zero-order valence-corrected chi connectivity index (χ0v) is 19.4. The highest BCUT2D eigenvalue weighted by Crippen LogP contribution is 2.16. The number of pyridine rings is 1. The summed E-state index contributed by atoms with van der Waals surface area (Å²) in [5.41, 5.74) is 3.38. The first-order valence-electron chi connectivity index (χ1n) is 11.4. The second-order valence-electron chi connectivity index (χ2n) is 8.11. The lowest BCUT2D eigenvalue weighted by molar-refractivity contribution is 0.189. The van der Waals surface area contributed by atoms with E-state index in [1.54, 1.807) is 4.90 Å². The smallest absolute Gasteiger partial charge is 0.317 e. The molecule has 0 aliphatic heterocycles. The Labute approximate surface area is 190 Å². The molecule has 32 heavy (non-hydrogen) atoms. The van der Waals surface area contributed by atoms with E-state index in [2.05, 4.69) is 29.0 Å². The lowest BCUT2D eigenvalue weighted by Gasteiger charge is -2.25. The van der Waals surface area contributed by atoms with Crippen LogP contribution in [0.4, 0.5) is 4.79 Å². The van der Waals surface area contributed by atoms with Gasteiger partial charge < -0.3 is 20.1 Å². The Morgan fingerprint density at radius 2 is 1.75 bits per heavy atom. The monoisotopic (exact) mass is 434 g/mol. The predicted octanol–water partition coefficient (Wildman–Crippen LogP) is 4.28. The molecule has 0 aliphatic rings. The third kappa shape index (κ3) is 6.20. The van der Waals surface area contributed by atoms with Gasteiger partial charge in [0.15, 0.2) is 0 Å². The summed E-state index contributed by atoms with van der Waals surface area (Å²) in [6.45, 7) is 10.5. The highest BCUT2D eigenvalue weighted by molar-refractivity contribution is 5.82. The second kappa shape index (κ2) is 11.5. The Morgan fingerprint density at radius 3 is 2.47 bits per heavy atom. The number of aryl methyl sites for hydroxylation is 1. The molecule has 3 aromatic rings. The van der Waals surface area contributed by atoms with Crippen LogP contribution in [0, 0.1) is 6.92 Å². The summed E-state index contributed by atoms with van der Waals surface area (Å²) in [5, 5.41) is 3.99. The van der Waals surface area contributed by atoms with E-state index in [4.69, 9.17) is 0 Å². The fraction of sp³-hybridized carbons (Fsp3) is 0.385. The summed E-state index contributed by atoms with van der Waals surface area (Å²) >= 11 is 0. The summed E-state index contributed by atoms with van der Waals surface area (Å²) in [6, 6.07) is 17.5. The molecular weight excluding hydrogens is 400 g/mol. The first-order chi connectivity index (χ1) is 15.5. The van der Waals surface area contributed by atoms with Crippen molar-refractivity contribution in [2.45, 2.75) is 40.3 Å². The maximum Gasteiger partial charge on any atom is 0.317 e. The molecule has 2 N–H and O–H groups in total. The minimum atomic E-state index is -0.155. The molecule has 170 valence electrons. The van der Waals surface area contributed by atoms with E-state index in [1.807, 2.05) is 61.5 Å². The van der Waals surface area contributed by atoms with Gasteiger partial charge in [-0.3, -0.25) is 4.79 Å². The number of H-pyrrole nitrogens is 1. The first-order valence-corrected chi connectivity index (χ1v) is 11.4. The van der Waals surface area contributed by atoms with E-state index in [9.17, 15) is 9.59 Å². The fourth-order valence-electron chi connectivity index (χ4n) is 3.91. The summed E-state index contributed by atoms with van der Waals surface area (Å²) in [5.74, 6) is 0. The number of aromatic nitrogens is 1. The highest BCUT2D eigenvalue weighted by Gasteiger charge is 2.16. The number of carbonyl (C=O) groups excluding carboxylic acids is 1. The number of aromatic amines is 1. The third-order valence-corrected chi connectivity index (χ3v) is 5.90.